The van der Waals surface area contributed by atoms with E-state index in [2.05, 4.69) is 9.97 Å². The van der Waals surface area contributed by atoms with Crippen molar-refractivity contribution in [2.75, 3.05) is 0 Å². The molecule has 4 heteroatoms. The molecule has 0 aliphatic rings. The summed E-state index contributed by atoms with van der Waals surface area (Å²) in [5, 5.41) is 0. The van der Waals surface area contributed by atoms with Gasteiger partial charge in [0.2, 0.25) is 0 Å². The minimum absolute atomic E-state index is 0. The fraction of sp³-hybridized carbons (Fsp3) is 0. The van der Waals surface area contributed by atoms with Gasteiger partial charge in [-0.15, -0.1) is 24.8 Å². The predicted molar refractivity (Wildman–Crippen MR) is 36.5 cm³/mol. The van der Waals surface area contributed by atoms with Crippen molar-refractivity contribution in [2.24, 2.45) is 0 Å². The second kappa shape index (κ2) is 6.66. The van der Waals surface area contributed by atoms with Crippen LogP contribution in [0.15, 0.2) is 24.8 Å². The van der Waals surface area contributed by atoms with E-state index in [0.29, 0.717) is 0 Å². The second-order valence-electron chi connectivity index (χ2n) is 0.894. The summed E-state index contributed by atoms with van der Waals surface area (Å²) in [6.45, 7) is 0. The van der Waals surface area contributed by atoms with Gasteiger partial charge < -0.3 is 0 Å². The normalized spacial score (nSPS) is 6.00. The lowest BCUT2D eigenvalue weighted by atomic mass is 10.8. The zero-order valence-electron chi connectivity index (χ0n) is 4.02. The Morgan fingerprint density at radius 2 is 0.875 bits per heavy atom. The Labute approximate surface area is 60.2 Å². The first-order valence-electron chi connectivity index (χ1n) is 1.70. The zero-order chi connectivity index (χ0) is 4.24. The van der Waals surface area contributed by atoms with Crippen molar-refractivity contribution in [3.8, 4) is 0 Å². The van der Waals surface area contributed by atoms with E-state index in [0.717, 1.165) is 0 Å². The third-order valence-corrected chi connectivity index (χ3v) is 0.478. The molecule has 0 atom stereocenters. The Kier molecular flexibility index (Phi) is 8.83. The van der Waals surface area contributed by atoms with Crippen LogP contribution in [0.25, 0.3) is 0 Å². The molecule has 1 rings (SSSR count). The van der Waals surface area contributed by atoms with E-state index in [1.807, 2.05) is 0 Å². The molecule has 0 unspecified atom stereocenters. The minimum Gasteiger partial charge on any atom is -0.262 e. The third-order valence-electron chi connectivity index (χ3n) is 0.478. The van der Waals surface area contributed by atoms with Crippen LogP contribution in [0.2, 0.25) is 0 Å². The molecule has 0 N–H and O–H groups in total. The monoisotopic (exact) mass is 152 g/mol. The van der Waals surface area contributed by atoms with Gasteiger partial charge >= 0.3 is 0 Å². The molecule has 0 saturated carbocycles. The molecule has 0 bridgehead atoms. The van der Waals surface area contributed by atoms with Gasteiger partial charge in [0, 0.05) is 24.8 Å². The van der Waals surface area contributed by atoms with Crippen LogP contribution < -0.4 is 0 Å². The van der Waals surface area contributed by atoms with Crippen molar-refractivity contribution in [1.82, 2.24) is 9.97 Å². The van der Waals surface area contributed by atoms with Crippen LogP contribution in [0.4, 0.5) is 0 Å². The quantitative estimate of drug-likeness (QED) is 0.561. The van der Waals surface area contributed by atoms with Crippen molar-refractivity contribution in [1.29, 1.82) is 0 Å². The van der Waals surface area contributed by atoms with E-state index in [-0.39, 0.29) is 24.8 Å². The summed E-state index contributed by atoms with van der Waals surface area (Å²) >= 11 is 0. The van der Waals surface area contributed by atoms with Gasteiger partial charge in [0.05, 0.1) is 0 Å². The fourth-order valence-electron chi connectivity index (χ4n) is 0.253. The van der Waals surface area contributed by atoms with Gasteiger partial charge in [-0.05, 0) is 0 Å². The Morgan fingerprint density at radius 3 is 1.00 bits per heavy atom. The highest BCUT2D eigenvalue weighted by Crippen LogP contribution is 1.65. The van der Waals surface area contributed by atoms with Crippen LogP contribution in [0.1, 0.15) is 0 Å². The molecule has 0 radical (unpaired) electrons. The molecule has 0 fully saturated rings. The molecule has 0 amide bonds. The van der Waals surface area contributed by atoms with Crippen LogP contribution in [0, 0.1) is 0 Å². The SMILES string of the molecule is Cl.Cl.c1cnccn1. The van der Waals surface area contributed by atoms with Crippen LogP contribution in [-0.4, -0.2) is 9.97 Å². The van der Waals surface area contributed by atoms with E-state index in [9.17, 15) is 0 Å². The number of nitrogens with zero attached hydrogens (tertiary/aromatic N) is 2. The largest absolute Gasteiger partial charge is 0.262 e. The van der Waals surface area contributed by atoms with Crippen molar-refractivity contribution in [3.63, 3.8) is 0 Å². The zero-order valence-corrected chi connectivity index (χ0v) is 5.65. The van der Waals surface area contributed by atoms with Gasteiger partial charge in [0.1, 0.15) is 0 Å². The second-order valence-corrected chi connectivity index (χ2v) is 0.894. The third kappa shape index (κ3) is 3.84. The van der Waals surface area contributed by atoms with Crippen LogP contribution in [-0.2, 0) is 0 Å². The van der Waals surface area contributed by atoms with E-state index < -0.39 is 0 Å². The summed E-state index contributed by atoms with van der Waals surface area (Å²) in [4.78, 5) is 7.44. The smallest absolute Gasteiger partial charge is 0.0451 e. The topological polar surface area (TPSA) is 25.8 Å². The number of aromatic nitrogens is 2. The first-order chi connectivity index (χ1) is 3.00. The van der Waals surface area contributed by atoms with Gasteiger partial charge in [0.15, 0.2) is 0 Å². The number of hydrogen-bond donors (Lipinski definition) is 0. The molecule has 0 aliphatic heterocycles. The van der Waals surface area contributed by atoms with Crippen molar-refractivity contribution < 1.29 is 0 Å². The average Bonchev–Trinajstić information content (AvgIpc) is 1.72. The fourth-order valence-corrected chi connectivity index (χ4v) is 0.253. The summed E-state index contributed by atoms with van der Waals surface area (Å²) < 4.78 is 0. The summed E-state index contributed by atoms with van der Waals surface area (Å²) in [6.07, 6.45) is 6.56. The summed E-state index contributed by atoms with van der Waals surface area (Å²) in [7, 11) is 0. The van der Waals surface area contributed by atoms with E-state index in [1.165, 1.54) is 0 Å². The maximum absolute atomic E-state index is 3.72. The number of halogens is 2. The Hall–Kier alpha value is -0.340. The summed E-state index contributed by atoms with van der Waals surface area (Å²) in [5.74, 6) is 0. The van der Waals surface area contributed by atoms with Gasteiger partial charge in [-0.1, -0.05) is 0 Å². The summed E-state index contributed by atoms with van der Waals surface area (Å²) in [6, 6.07) is 0. The van der Waals surface area contributed by atoms with Gasteiger partial charge in [0.25, 0.3) is 0 Å². The lowest BCUT2D eigenvalue weighted by Gasteiger charge is -1.70. The first-order valence-corrected chi connectivity index (χ1v) is 1.70. The van der Waals surface area contributed by atoms with Gasteiger partial charge in [-0.25, -0.2) is 0 Å². The molecule has 1 aromatic heterocycles. The molecule has 1 heterocycles. The predicted octanol–water partition coefficient (Wildman–Crippen LogP) is 1.32. The van der Waals surface area contributed by atoms with Gasteiger partial charge in [-0.2, -0.15) is 0 Å². The minimum atomic E-state index is 0. The van der Waals surface area contributed by atoms with Crippen LogP contribution in [0.3, 0.4) is 0 Å². The highest BCUT2D eigenvalue weighted by Gasteiger charge is 1.59. The van der Waals surface area contributed by atoms with E-state index in [1.54, 1.807) is 24.8 Å². The number of rotatable bonds is 0. The molecule has 0 aromatic carbocycles. The molecule has 0 saturated heterocycles. The summed E-state index contributed by atoms with van der Waals surface area (Å²) in [5.41, 5.74) is 0. The van der Waals surface area contributed by atoms with Crippen LogP contribution in [0.5, 0.6) is 0 Å². The highest BCUT2D eigenvalue weighted by atomic mass is 35.5. The molecule has 46 valence electrons. The maximum Gasteiger partial charge on any atom is 0.0451 e. The van der Waals surface area contributed by atoms with Crippen molar-refractivity contribution >= 4 is 24.8 Å². The molecule has 0 spiro atoms. The van der Waals surface area contributed by atoms with Crippen LogP contribution >= 0.6 is 24.8 Å². The molecular formula is C4H6Cl2N2. The van der Waals surface area contributed by atoms with Crippen molar-refractivity contribution in [2.45, 2.75) is 0 Å². The lowest BCUT2D eigenvalue weighted by Crippen LogP contribution is -1.66. The Bertz CT molecular complexity index is 84.0. The van der Waals surface area contributed by atoms with E-state index >= 15 is 0 Å². The lowest BCUT2D eigenvalue weighted by molar-refractivity contribution is 1.20. The van der Waals surface area contributed by atoms with Crippen molar-refractivity contribution in [3.05, 3.63) is 24.8 Å². The molecule has 2 nitrogen and oxygen atoms in total. The highest BCUT2D eigenvalue weighted by molar-refractivity contribution is 5.85. The number of hydrogen-bond acceptors (Lipinski definition) is 2. The molecular weight excluding hydrogens is 147 g/mol. The Balaban J connectivity index is 0. The van der Waals surface area contributed by atoms with Gasteiger partial charge in [-0.3, -0.25) is 9.97 Å². The Morgan fingerprint density at radius 1 is 0.625 bits per heavy atom. The average molecular weight is 153 g/mol. The molecule has 8 heavy (non-hydrogen) atoms. The molecule has 0 aliphatic carbocycles. The first kappa shape index (κ1) is 10.6. The maximum atomic E-state index is 3.72. The van der Waals surface area contributed by atoms with E-state index in [4.69, 9.17) is 0 Å². The molecule has 1 aromatic rings. The standard InChI is InChI=1S/C4H4N2.2ClH/c1-2-6-4-3-5-1;;/h1-4H;2*1H.